The molecule has 1 aromatic rings. The molecule has 0 amide bonds. The summed E-state index contributed by atoms with van der Waals surface area (Å²) in [5, 5.41) is 3.72. The molecule has 1 fully saturated rings. The van der Waals surface area contributed by atoms with Gasteiger partial charge in [0.25, 0.3) is 0 Å². The van der Waals surface area contributed by atoms with Gasteiger partial charge in [0.1, 0.15) is 5.82 Å². The van der Waals surface area contributed by atoms with Gasteiger partial charge in [-0.3, -0.25) is 0 Å². The van der Waals surface area contributed by atoms with Gasteiger partial charge in [-0.05, 0) is 12.7 Å². The smallest absolute Gasteiger partial charge is 0.219 e. The first-order valence-corrected chi connectivity index (χ1v) is 6.85. The van der Waals surface area contributed by atoms with Gasteiger partial charge in [-0.25, -0.2) is 4.98 Å². The topological polar surface area (TPSA) is 56.3 Å². The van der Waals surface area contributed by atoms with E-state index in [4.69, 9.17) is 9.47 Å². The van der Waals surface area contributed by atoms with E-state index in [9.17, 15) is 0 Å². The largest absolute Gasteiger partial charge is 0.477 e. The fourth-order valence-electron chi connectivity index (χ4n) is 1.62. The van der Waals surface area contributed by atoms with Crippen molar-refractivity contribution in [2.24, 2.45) is 5.92 Å². The van der Waals surface area contributed by atoms with Crippen LogP contribution in [0.5, 0.6) is 5.88 Å². The molecule has 0 saturated carbocycles. The first kappa shape index (κ1) is 12.4. The van der Waals surface area contributed by atoms with Gasteiger partial charge in [0.2, 0.25) is 5.88 Å². The molecule has 6 heteroatoms. The second-order valence-electron chi connectivity index (χ2n) is 3.87. The molecule has 0 aromatic carbocycles. The fraction of sp³-hybridized carbons (Fsp3) is 0.636. The highest BCUT2D eigenvalue weighted by molar-refractivity contribution is 7.98. The van der Waals surface area contributed by atoms with Gasteiger partial charge in [-0.2, -0.15) is 4.98 Å². The second kappa shape index (κ2) is 6.07. The first-order chi connectivity index (χ1) is 8.31. The van der Waals surface area contributed by atoms with E-state index in [1.165, 1.54) is 11.8 Å². The van der Waals surface area contributed by atoms with Gasteiger partial charge in [-0.1, -0.05) is 11.8 Å². The zero-order chi connectivity index (χ0) is 12.1. The van der Waals surface area contributed by atoms with Crippen molar-refractivity contribution >= 4 is 17.6 Å². The molecule has 0 radical (unpaired) electrons. The third-order valence-corrected chi connectivity index (χ3v) is 3.16. The molecular weight excluding hydrogens is 238 g/mol. The normalized spacial score (nSPS) is 19.3. The summed E-state index contributed by atoms with van der Waals surface area (Å²) in [4.78, 5) is 8.60. The molecule has 1 atom stereocenters. The summed E-state index contributed by atoms with van der Waals surface area (Å²) in [7, 11) is 1.83. The minimum atomic E-state index is 0.487. The lowest BCUT2D eigenvalue weighted by atomic mass is 10.1. The molecule has 0 aliphatic carbocycles. The molecule has 5 nitrogen and oxygen atoms in total. The number of nitrogens with one attached hydrogen (secondary N) is 1. The molecule has 2 heterocycles. The Morgan fingerprint density at radius 2 is 2.47 bits per heavy atom. The summed E-state index contributed by atoms with van der Waals surface area (Å²) in [6, 6.07) is 1.82. The Labute approximate surface area is 105 Å². The highest BCUT2D eigenvalue weighted by atomic mass is 32.2. The number of aromatic nitrogens is 2. The van der Waals surface area contributed by atoms with E-state index in [0.29, 0.717) is 18.4 Å². The molecule has 17 heavy (non-hydrogen) atoms. The van der Waals surface area contributed by atoms with Crippen molar-refractivity contribution in [2.45, 2.75) is 11.6 Å². The van der Waals surface area contributed by atoms with Crippen molar-refractivity contribution in [1.29, 1.82) is 0 Å². The standard InChI is InChI=1S/C11H17N3O2S/c1-12-9-5-10(14-11(13-9)17-2)16-7-8-3-4-15-6-8/h5,8H,3-4,6-7H2,1-2H3,(H,12,13,14). The summed E-state index contributed by atoms with van der Waals surface area (Å²) in [5.74, 6) is 1.89. The number of nitrogens with zero attached hydrogens (tertiary/aromatic N) is 2. The minimum Gasteiger partial charge on any atom is -0.477 e. The van der Waals surface area contributed by atoms with Gasteiger partial charge in [-0.15, -0.1) is 0 Å². The molecule has 1 aliphatic rings. The van der Waals surface area contributed by atoms with E-state index in [2.05, 4.69) is 15.3 Å². The Kier molecular flexibility index (Phi) is 4.44. The van der Waals surface area contributed by atoms with Crippen LogP contribution in [0.2, 0.25) is 0 Å². The van der Waals surface area contributed by atoms with E-state index in [1.54, 1.807) is 0 Å². The van der Waals surface area contributed by atoms with Crippen LogP contribution >= 0.6 is 11.8 Å². The molecule has 1 N–H and O–H groups in total. The molecule has 1 aliphatic heterocycles. The Balaban J connectivity index is 1.98. The third-order valence-electron chi connectivity index (χ3n) is 2.61. The summed E-state index contributed by atoms with van der Waals surface area (Å²) < 4.78 is 11.0. The first-order valence-electron chi connectivity index (χ1n) is 5.63. The number of rotatable bonds is 5. The van der Waals surface area contributed by atoms with Crippen LogP contribution < -0.4 is 10.1 Å². The van der Waals surface area contributed by atoms with Crippen molar-refractivity contribution in [1.82, 2.24) is 9.97 Å². The average Bonchev–Trinajstić information content (AvgIpc) is 2.89. The van der Waals surface area contributed by atoms with Crippen LogP contribution in [-0.2, 0) is 4.74 Å². The maximum absolute atomic E-state index is 5.69. The van der Waals surface area contributed by atoms with Crippen LogP contribution in [0.15, 0.2) is 11.2 Å². The zero-order valence-electron chi connectivity index (χ0n) is 10.1. The van der Waals surface area contributed by atoms with E-state index < -0.39 is 0 Å². The Hall–Kier alpha value is -1.01. The van der Waals surface area contributed by atoms with Crippen molar-refractivity contribution in [3.8, 4) is 5.88 Å². The summed E-state index contributed by atoms with van der Waals surface area (Å²) in [6.45, 7) is 2.29. The van der Waals surface area contributed by atoms with Crippen LogP contribution in [0.1, 0.15) is 6.42 Å². The summed E-state index contributed by atoms with van der Waals surface area (Å²) in [5.41, 5.74) is 0. The van der Waals surface area contributed by atoms with Crippen molar-refractivity contribution in [3.05, 3.63) is 6.07 Å². The van der Waals surface area contributed by atoms with Crippen molar-refractivity contribution < 1.29 is 9.47 Å². The number of anilines is 1. The van der Waals surface area contributed by atoms with Gasteiger partial charge < -0.3 is 14.8 Å². The van der Waals surface area contributed by atoms with E-state index in [1.807, 2.05) is 19.4 Å². The summed E-state index contributed by atoms with van der Waals surface area (Å²) in [6.07, 6.45) is 3.02. The monoisotopic (exact) mass is 255 g/mol. The summed E-state index contributed by atoms with van der Waals surface area (Å²) >= 11 is 1.50. The van der Waals surface area contributed by atoms with Crippen molar-refractivity contribution in [2.75, 3.05) is 38.4 Å². The van der Waals surface area contributed by atoms with Gasteiger partial charge in [0.05, 0.1) is 13.2 Å². The van der Waals surface area contributed by atoms with Gasteiger partial charge in [0, 0.05) is 25.6 Å². The van der Waals surface area contributed by atoms with Crippen LogP contribution in [0.4, 0.5) is 5.82 Å². The number of hydrogen-bond donors (Lipinski definition) is 1. The predicted octanol–water partition coefficient (Wildman–Crippen LogP) is 1.66. The average molecular weight is 255 g/mol. The molecule has 1 unspecified atom stereocenters. The van der Waals surface area contributed by atoms with E-state index in [0.717, 1.165) is 30.6 Å². The zero-order valence-corrected chi connectivity index (χ0v) is 10.9. The van der Waals surface area contributed by atoms with Crippen LogP contribution in [0.3, 0.4) is 0 Å². The molecule has 94 valence electrons. The second-order valence-corrected chi connectivity index (χ2v) is 4.64. The molecule has 0 bridgehead atoms. The molecular formula is C11H17N3O2S. The van der Waals surface area contributed by atoms with E-state index >= 15 is 0 Å². The van der Waals surface area contributed by atoms with Crippen LogP contribution in [0.25, 0.3) is 0 Å². The third kappa shape index (κ3) is 3.47. The van der Waals surface area contributed by atoms with Crippen LogP contribution in [0, 0.1) is 5.92 Å². The highest BCUT2D eigenvalue weighted by Gasteiger charge is 2.16. The number of thioether (sulfide) groups is 1. The van der Waals surface area contributed by atoms with Gasteiger partial charge in [0.15, 0.2) is 5.16 Å². The number of hydrogen-bond acceptors (Lipinski definition) is 6. The quantitative estimate of drug-likeness (QED) is 0.638. The minimum absolute atomic E-state index is 0.487. The SMILES string of the molecule is CNc1cc(OCC2CCOC2)nc(SC)n1. The predicted molar refractivity (Wildman–Crippen MR) is 67.8 cm³/mol. The van der Waals surface area contributed by atoms with Crippen molar-refractivity contribution in [3.63, 3.8) is 0 Å². The van der Waals surface area contributed by atoms with E-state index in [-0.39, 0.29) is 0 Å². The molecule has 2 rings (SSSR count). The lowest BCUT2D eigenvalue weighted by Crippen LogP contribution is -2.12. The lowest BCUT2D eigenvalue weighted by molar-refractivity contribution is 0.165. The number of ether oxygens (including phenoxy) is 2. The van der Waals surface area contributed by atoms with Gasteiger partial charge >= 0.3 is 0 Å². The highest BCUT2D eigenvalue weighted by Crippen LogP contribution is 2.20. The fourth-order valence-corrected chi connectivity index (χ4v) is 1.99. The molecule has 1 aromatic heterocycles. The van der Waals surface area contributed by atoms with Crippen LogP contribution in [-0.4, -0.2) is 43.1 Å². The molecule has 0 spiro atoms. The Bertz CT molecular complexity index is 347. The Morgan fingerprint density at radius 3 is 3.12 bits per heavy atom. The maximum Gasteiger partial charge on any atom is 0.219 e. The lowest BCUT2D eigenvalue weighted by Gasteiger charge is -2.11. The molecule has 1 saturated heterocycles. The maximum atomic E-state index is 5.69. The Morgan fingerprint density at radius 1 is 1.59 bits per heavy atom.